The van der Waals surface area contributed by atoms with Crippen LogP contribution in [0.3, 0.4) is 0 Å². The lowest BCUT2D eigenvalue weighted by molar-refractivity contribution is 0.250. The van der Waals surface area contributed by atoms with Gasteiger partial charge >= 0.3 is 12.1 Å². The van der Waals surface area contributed by atoms with Gasteiger partial charge in [-0.15, -0.1) is 0 Å². The van der Waals surface area contributed by atoms with E-state index in [0.29, 0.717) is 24.1 Å². The van der Waals surface area contributed by atoms with Crippen LogP contribution in [0.5, 0.6) is 0 Å². The van der Waals surface area contributed by atoms with Crippen LogP contribution in [0.15, 0.2) is 48.7 Å². The average molecular weight is 325 g/mol. The van der Waals surface area contributed by atoms with E-state index in [1.54, 1.807) is 24.4 Å². The molecular formula is C17H19N5O2. The normalized spacial score (nSPS) is 13.0. The van der Waals surface area contributed by atoms with Crippen molar-refractivity contribution < 1.29 is 9.59 Å². The van der Waals surface area contributed by atoms with Crippen molar-refractivity contribution in [1.29, 1.82) is 0 Å². The Morgan fingerprint density at radius 2 is 1.92 bits per heavy atom. The Kier molecular flexibility index (Phi) is 4.90. The number of hydrogen-bond acceptors (Lipinski definition) is 3. The largest absolute Gasteiger partial charge is 0.335 e. The highest BCUT2D eigenvalue weighted by Crippen LogP contribution is 2.19. The van der Waals surface area contributed by atoms with Gasteiger partial charge in [0.2, 0.25) is 0 Å². The van der Waals surface area contributed by atoms with Gasteiger partial charge < -0.3 is 16.0 Å². The Hall–Kier alpha value is -3.09. The van der Waals surface area contributed by atoms with Crippen molar-refractivity contribution in [3.63, 3.8) is 0 Å². The van der Waals surface area contributed by atoms with Gasteiger partial charge in [-0.3, -0.25) is 5.32 Å². The molecular weight excluding hydrogens is 306 g/mol. The first-order valence-electron chi connectivity index (χ1n) is 7.81. The zero-order valence-electron chi connectivity index (χ0n) is 13.1. The van der Waals surface area contributed by atoms with Crippen LogP contribution in [-0.4, -0.2) is 23.1 Å². The van der Waals surface area contributed by atoms with Crippen LogP contribution in [0.25, 0.3) is 0 Å². The molecule has 1 aliphatic carbocycles. The van der Waals surface area contributed by atoms with Crippen molar-refractivity contribution >= 4 is 23.6 Å². The summed E-state index contributed by atoms with van der Waals surface area (Å²) in [4.78, 5) is 27.6. The SMILES string of the molecule is O=C(NCc1cccc(NC(=O)NC2CC2)c1)Nc1ccccn1. The van der Waals surface area contributed by atoms with E-state index in [1.807, 2.05) is 24.3 Å². The molecule has 1 saturated carbocycles. The number of anilines is 2. The highest BCUT2D eigenvalue weighted by Gasteiger charge is 2.23. The highest BCUT2D eigenvalue weighted by molar-refractivity contribution is 5.90. The number of carbonyl (C=O) groups excluding carboxylic acids is 2. The zero-order valence-corrected chi connectivity index (χ0v) is 13.1. The van der Waals surface area contributed by atoms with Crippen molar-refractivity contribution in [3.8, 4) is 0 Å². The van der Waals surface area contributed by atoms with Crippen molar-refractivity contribution in [3.05, 3.63) is 54.2 Å². The van der Waals surface area contributed by atoms with Crippen molar-refractivity contribution in [2.75, 3.05) is 10.6 Å². The lowest BCUT2D eigenvalue weighted by atomic mass is 10.2. The number of aromatic nitrogens is 1. The van der Waals surface area contributed by atoms with Crippen molar-refractivity contribution in [2.24, 2.45) is 0 Å². The molecule has 0 aliphatic heterocycles. The van der Waals surface area contributed by atoms with Crippen LogP contribution in [0.4, 0.5) is 21.1 Å². The number of hydrogen-bond donors (Lipinski definition) is 4. The third kappa shape index (κ3) is 4.98. The second kappa shape index (κ2) is 7.45. The van der Waals surface area contributed by atoms with Crippen LogP contribution in [-0.2, 0) is 6.54 Å². The second-order valence-corrected chi connectivity index (χ2v) is 5.60. The molecule has 1 fully saturated rings. The van der Waals surface area contributed by atoms with E-state index in [0.717, 1.165) is 18.4 Å². The standard InChI is InChI=1S/C17H19N5O2/c23-16(22-15-6-1-2-9-18-15)19-11-12-4-3-5-14(10-12)21-17(24)20-13-7-8-13/h1-6,9-10,13H,7-8,11H2,(H2,20,21,24)(H2,18,19,22,23). The van der Waals surface area contributed by atoms with E-state index >= 15 is 0 Å². The van der Waals surface area contributed by atoms with E-state index in [-0.39, 0.29) is 12.1 Å². The summed E-state index contributed by atoms with van der Waals surface area (Å²) >= 11 is 0. The molecule has 0 bridgehead atoms. The summed E-state index contributed by atoms with van der Waals surface area (Å²) in [5.74, 6) is 0.488. The number of pyridine rings is 1. The molecule has 7 nitrogen and oxygen atoms in total. The zero-order chi connectivity index (χ0) is 16.8. The molecule has 24 heavy (non-hydrogen) atoms. The monoisotopic (exact) mass is 325 g/mol. The summed E-state index contributed by atoms with van der Waals surface area (Å²) in [5, 5.41) is 11.1. The maximum Gasteiger partial charge on any atom is 0.320 e. The molecule has 1 aromatic carbocycles. The summed E-state index contributed by atoms with van der Waals surface area (Å²) in [6.07, 6.45) is 3.70. The van der Waals surface area contributed by atoms with E-state index < -0.39 is 0 Å². The van der Waals surface area contributed by atoms with Crippen LogP contribution >= 0.6 is 0 Å². The van der Waals surface area contributed by atoms with Gasteiger partial charge in [0.25, 0.3) is 0 Å². The number of amides is 4. The van der Waals surface area contributed by atoms with Gasteiger partial charge in [-0.2, -0.15) is 0 Å². The lowest BCUT2D eigenvalue weighted by Gasteiger charge is -2.10. The molecule has 0 saturated heterocycles. The lowest BCUT2D eigenvalue weighted by Crippen LogP contribution is -2.30. The molecule has 4 N–H and O–H groups in total. The fourth-order valence-electron chi connectivity index (χ4n) is 2.12. The number of urea groups is 2. The van der Waals surface area contributed by atoms with Gasteiger partial charge in [-0.1, -0.05) is 18.2 Å². The van der Waals surface area contributed by atoms with Gasteiger partial charge in [-0.25, -0.2) is 14.6 Å². The summed E-state index contributed by atoms with van der Waals surface area (Å²) in [5.41, 5.74) is 1.58. The minimum atomic E-state index is -0.335. The average Bonchev–Trinajstić information content (AvgIpc) is 3.38. The fraction of sp³-hybridized carbons (Fsp3) is 0.235. The predicted octanol–water partition coefficient (Wildman–Crippen LogP) is 2.69. The number of carbonyl (C=O) groups is 2. The summed E-state index contributed by atoms with van der Waals surface area (Å²) < 4.78 is 0. The third-order valence-electron chi connectivity index (χ3n) is 3.46. The fourth-order valence-corrected chi connectivity index (χ4v) is 2.12. The Labute approximate surface area is 139 Å². The minimum absolute atomic E-state index is 0.199. The highest BCUT2D eigenvalue weighted by atomic mass is 16.2. The molecule has 0 atom stereocenters. The molecule has 7 heteroatoms. The molecule has 1 heterocycles. The van der Waals surface area contributed by atoms with Crippen LogP contribution in [0.1, 0.15) is 18.4 Å². The quantitative estimate of drug-likeness (QED) is 0.680. The Morgan fingerprint density at radius 3 is 2.67 bits per heavy atom. The van der Waals surface area contributed by atoms with Crippen LogP contribution in [0.2, 0.25) is 0 Å². The molecule has 3 rings (SSSR count). The molecule has 4 amide bonds. The molecule has 2 aromatic rings. The number of nitrogens with zero attached hydrogens (tertiary/aromatic N) is 1. The van der Waals surface area contributed by atoms with Gasteiger partial charge in [0.15, 0.2) is 0 Å². The Bertz CT molecular complexity index is 716. The Balaban J connectivity index is 1.48. The summed E-state index contributed by atoms with van der Waals surface area (Å²) in [6, 6.07) is 12.4. The summed E-state index contributed by atoms with van der Waals surface area (Å²) in [6.45, 7) is 0.346. The smallest absolute Gasteiger partial charge is 0.320 e. The first kappa shape index (κ1) is 15.8. The van der Waals surface area contributed by atoms with Crippen LogP contribution in [0, 0.1) is 0 Å². The van der Waals surface area contributed by atoms with E-state index in [1.165, 1.54) is 0 Å². The van der Waals surface area contributed by atoms with Crippen LogP contribution < -0.4 is 21.3 Å². The van der Waals surface area contributed by atoms with E-state index in [4.69, 9.17) is 0 Å². The maximum absolute atomic E-state index is 11.8. The topological polar surface area (TPSA) is 95.2 Å². The van der Waals surface area contributed by atoms with Crippen molar-refractivity contribution in [2.45, 2.75) is 25.4 Å². The van der Waals surface area contributed by atoms with Gasteiger partial charge in [0.05, 0.1) is 0 Å². The van der Waals surface area contributed by atoms with Gasteiger partial charge in [0, 0.05) is 24.5 Å². The van der Waals surface area contributed by atoms with Gasteiger partial charge in [0.1, 0.15) is 5.82 Å². The summed E-state index contributed by atoms with van der Waals surface area (Å²) in [7, 11) is 0. The molecule has 124 valence electrons. The maximum atomic E-state index is 11.8. The van der Waals surface area contributed by atoms with Gasteiger partial charge in [-0.05, 0) is 42.7 Å². The minimum Gasteiger partial charge on any atom is -0.335 e. The van der Waals surface area contributed by atoms with E-state index in [9.17, 15) is 9.59 Å². The molecule has 0 unspecified atom stereocenters. The predicted molar refractivity (Wildman–Crippen MR) is 91.7 cm³/mol. The first-order valence-corrected chi connectivity index (χ1v) is 7.81. The second-order valence-electron chi connectivity index (χ2n) is 5.60. The first-order chi connectivity index (χ1) is 11.7. The number of benzene rings is 1. The Morgan fingerprint density at radius 1 is 1.04 bits per heavy atom. The molecule has 0 spiro atoms. The van der Waals surface area contributed by atoms with Crippen molar-refractivity contribution in [1.82, 2.24) is 15.6 Å². The number of rotatable bonds is 5. The molecule has 1 aromatic heterocycles. The van der Waals surface area contributed by atoms with E-state index in [2.05, 4.69) is 26.3 Å². The molecule has 1 aliphatic rings. The number of nitrogens with one attached hydrogen (secondary N) is 4. The third-order valence-corrected chi connectivity index (χ3v) is 3.46. The molecule has 0 radical (unpaired) electrons.